The summed E-state index contributed by atoms with van der Waals surface area (Å²) in [5, 5.41) is 9.10. The minimum absolute atomic E-state index is 0.0944. The van der Waals surface area contributed by atoms with E-state index in [0.717, 1.165) is 18.6 Å². The van der Waals surface area contributed by atoms with E-state index in [0.29, 0.717) is 18.7 Å². The van der Waals surface area contributed by atoms with E-state index >= 15 is 0 Å². The Kier molecular flexibility index (Phi) is 6.49. The number of nitrogens with zero attached hydrogens (tertiary/aromatic N) is 1. The smallest absolute Gasteiger partial charge is 0.326 e. The Morgan fingerprint density at radius 3 is 2.78 bits per heavy atom. The lowest BCUT2D eigenvalue weighted by atomic mass is 10.2. The zero-order valence-electron chi connectivity index (χ0n) is 10.9. The average molecular weight is 275 g/mol. The summed E-state index contributed by atoms with van der Waals surface area (Å²) in [4.78, 5) is 24.5. The van der Waals surface area contributed by atoms with Crippen LogP contribution in [0.2, 0.25) is 0 Å². The van der Waals surface area contributed by atoms with Crippen molar-refractivity contribution < 1.29 is 19.4 Å². The molecular formula is C12H21NO4S. The molecule has 1 N–H and O–H groups in total. The second kappa shape index (κ2) is 7.63. The van der Waals surface area contributed by atoms with E-state index in [1.165, 1.54) is 4.90 Å². The van der Waals surface area contributed by atoms with Crippen molar-refractivity contribution in [2.45, 2.75) is 38.3 Å². The summed E-state index contributed by atoms with van der Waals surface area (Å²) in [7, 11) is 1.55. The Bertz CT molecular complexity index is 298. The highest BCUT2D eigenvalue weighted by molar-refractivity contribution is 7.99. The molecule has 104 valence electrons. The van der Waals surface area contributed by atoms with Gasteiger partial charge in [-0.2, -0.15) is 11.8 Å². The largest absolute Gasteiger partial charge is 0.480 e. The molecule has 0 aromatic carbocycles. The minimum Gasteiger partial charge on any atom is -0.480 e. The van der Waals surface area contributed by atoms with Gasteiger partial charge in [0.2, 0.25) is 5.91 Å². The molecule has 1 amide bonds. The van der Waals surface area contributed by atoms with E-state index in [4.69, 9.17) is 9.84 Å². The molecule has 6 heteroatoms. The number of carbonyl (C=O) groups is 2. The van der Waals surface area contributed by atoms with Crippen molar-refractivity contribution in [1.29, 1.82) is 0 Å². The summed E-state index contributed by atoms with van der Waals surface area (Å²) >= 11 is 1.57. The van der Waals surface area contributed by atoms with Crippen LogP contribution in [0, 0.1) is 0 Å². The van der Waals surface area contributed by atoms with Crippen molar-refractivity contribution in [2.24, 2.45) is 0 Å². The maximum Gasteiger partial charge on any atom is 0.326 e. The number of methoxy groups -OCH3 is 1. The van der Waals surface area contributed by atoms with Gasteiger partial charge in [0.15, 0.2) is 0 Å². The maximum absolute atomic E-state index is 12.0. The first-order valence-corrected chi connectivity index (χ1v) is 7.38. The molecule has 2 atom stereocenters. The van der Waals surface area contributed by atoms with Crippen molar-refractivity contribution in [3.63, 3.8) is 0 Å². The molecule has 1 fully saturated rings. The van der Waals surface area contributed by atoms with Crippen molar-refractivity contribution >= 4 is 23.6 Å². The fourth-order valence-corrected chi connectivity index (χ4v) is 2.94. The highest BCUT2D eigenvalue weighted by Gasteiger charge is 2.39. The molecule has 1 heterocycles. The van der Waals surface area contributed by atoms with Gasteiger partial charge in [0, 0.05) is 20.1 Å². The van der Waals surface area contributed by atoms with Crippen LogP contribution >= 0.6 is 11.8 Å². The molecule has 1 aliphatic heterocycles. The second-order valence-electron chi connectivity index (χ2n) is 4.40. The Morgan fingerprint density at radius 2 is 2.22 bits per heavy atom. The number of hydrogen-bond acceptors (Lipinski definition) is 4. The van der Waals surface area contributed by atoms with E-state index in [9.17, 15) is 9.59 Å². The van der Waals surface area contributed by atoms with Crippen molar-refractivity contribution in [1.82, 2.24) is 4.90 Å². The monoisotopic (exact) mass is 275 g/mol. The molecule has 1 aliphatic rings. The Labute approximate surface area is 112 Å². The third-order valence-electron chi connectivity index (χ3n) is 3.07. The molecule has 5 nitrogen and oxygen atoms in total. The molecular weight excluding hydrogens is 254 g/mol. The molecule has 0 aliphatic carbocycles. The number of thioether (sulfide) groups is 1. The van der Waals surface area contributed by atoms with Gasteiger partial charge < -0.3 is 14.7 Å². The summed E-state index contributed by atoms with van der Waals surface area (Å²) < 4.78 is 5.15. The normalized spacial score (nSPS) is 23.3. The Balaban J connectivity index is 2.46. The van der Waals surface area contributed by atoms with E-state index in [2.05, 4.69) is 6.92 Å². The van der Waals surface area contributed by atoms with Gasteiger partial charge >= 0.3 is 5.97 Å². The SMILES string of the molecule is CCCCSCC(=O)N1CC(OC)CC1C(=O)O. The second-order valence-corrected chi connectivity index (χ2v) is 5.50. The fourth-order valence-electron chi connectivity index (χ4n) is 1.97. The number of carboxylic acids is 1. The van der Waals surface area contributed by atoms with Gasteiger partial charge in [-0.05, 0) is 12.2 Å². The van der Waals surface area contributed by atoms with Gasteiger partial charge in [0.25, 0.3) is 0 Å². The van der Waals surface area contributed by atoms with Crippen LogP contribution < -0.4 is 0 Å². The van der Waals surface area contributed by atoms with Gasteiger partial charge in [0.1, 0.15) is 6.04 Å². The Hall–Kier alpha value is -0.750. The number of unbranched alkanes of at least 4 members (excludes halogenated alkanes) is 1. The van der Waals surface area contributed by atoms with Crippen LogP contribution in [0.15, 0.2) is 0 Å². The summed E-state index contributed by atoms with van der Waals surface area (Å²) in [6.45, 7) is 2.49. The molecule has 1 saturated heterocycles. The van der Waals surface area contributed by atoms with E-state index in [1.54, 1.807) is 18.9 Å². The highest BCUT2D eigenvalue weighted by Crippen LogP contribution is 2.21. The Morgan fingerprint density at radius 1 is 1.50 bits per heavy atom. The summed E-state index contributed by atoms with van der Waals surface area (Å²) in [6, 6.07) is -0.728. The zero-order chi connectivity index (χ0) is 13.5. The number of carbonyl (C=O) groups excluding carboxylic acids is 1. The number of hydrogen-bond donors (Lipinski definition) is 1. The number of aliphatic carboxylic acids is 1. The molecule has 0 aromatic heterocycles. The number of amides is 1. The van der Waals surface area contributed by atoms with Crippen molar-refractivity contribution in [2.75, 3.05) is 25.2 Å². The summed E-state index contributed by atoms with van der Waals surface area (Å²) in [5.41, 5.74) is 0. The van der Waals surface area contributed by atoms with Gasteiger partial charge in [0.05, 0.1) is 11.9 Å². The first kappa shape index (κ1) is 15.3. The minimum atomic E-state index is -0.943. The van der Waals surface area contributed by atoms with E-state index in [-0.39, 0.29) is 12.0 Å². The first-order valence-electron chi connectivity index (χ1n) is 6.23. The van der Waals surface area contributed by atoms with Crippen LogP contribution in [0.5, 0.6) is 0 Å². The van der Waals surface area contributed by atoms with Crippen LogP contribution in [0.25, 0.3) is 0 Å². The molecule has 1 rings (SSSR count). The first-order chi connectivity index (χ1) is 8.60. The predicted octanol–water partition coefficient (Wildman–Crippen LogP) is 1.22. The topological polar surface area (TPSA) is 66.8 Å². The maximum atomic E-state index is 12.0. The molecule has 0 bridgehead atoms. The standard InChI is InChI=1S/C12H21NO4S/c1-3-4-5-18-8-11(14)13-7-9(17-2)6-10(13)12(15)16/h9-10H,3-8H2,1-2H3,(H,15,16). The number of carboxylic acid groups (broad SMARTS) is 1. The van der Waals surface area contributed by atoms with Gasteiger partial charge in [-0.25, -0.2) is 4.79 Å². The number of rotatable bonds is 7. The van der Waals surface area contributed by atoms with Gasteiger partial charge in [-0.1, -0.05) is 13.3 Å². The van der Waals surface area contributed by atoms with Crippen LogP contribution in [-0.2, 0) is 14.3 Å². The third kappa shape index (κ3) is 4.17. The molecule has 18 heavy (non-hydrogen) atoms. The predicted molar refractivity (Wildman–Crippen MR) is 70.8 cm³/mol. The van der Waals surface area contributed by atoms with Crippen LogP contribution in [-0.4, -0.2) is 59.2 Å². The molecule has 0 spiro atoms. The molecule has 0 radical (unpaired) electrons. The lowest BCUT2D eigenvalue weighted by molar-refractivity contribution is -0.147. The average Bonchev–Trinajstić information content (AvgIpc) is 2.78. The number of ether oxygens (including phenoxy) is 1. The molecule has 2 unspecified atom stereocenters. The third-order valence-corrected chi connectivity index (χ3v) is 4.10. The number of likely N-dealkylation sites (tertiary alicyclic amines) is 1. The van der Waals surface area contributed by atoms with Crippen LogP contribution in [0.1, 0.15) is 26.2 Å². The van der Waals surface area contributed by atoms with E-state index in [1.807, 2.05) is 0 Å². The van der Waals surface area contributed by atoms with E-state index < -0.39 is 12.0 Å². The van der Waals surface area contributed by atoms with Crippen molar-refractivity contribution in [3.8, 4) is 0 Å². The summed E-state index contributed by atoms with van der Waals surface area (Å²) in [6.07, 6.45) is 2.42. The zero-order valence-corrected chi connectivity index (χ0v) is 11.7. The molecule has 0 aromatic rings. The van der Waals surface area contributed by atoms with Crippen LogP contribution in [0.3, 0.4) is 0 Å². The van der Waals surface area contributed by atoms with Gasteiger partial charge in [-0.3, -0.25) is 4.79 Å². The lowest BCUT2D eigenvalue weighted by Gasteiger charge is -2.20. The van der Waals surface area contributed by atoms with Crippen LogP contribution in [0.4, 0.5) is 0 Å². The quantitative estimate of drug-likeness (QED) is 0.708. The van der Waals surface area contributed by atoms with Crippen molar-refractivity contribution in [3.05, 3.63) is 0 Å². The van der Waals surface area contributed by atoms with Gasteiger partial charge in [-0.15, -0.1) is 0 Å². The lowest BCUT2D eigenvalue weighted by Crippen LogP contribution is -2.41. The highest BCUT2D eigenvalue weighted by atomic mass is 32.2. The fraction of sp³-hybridized carbons (Fsp3) is 0.833. The molecule has 0 saturated carbocycles. The summed E-state index contributed by atoms with van der Waals surface area (Å²) in [5.74, 6) is 0.270.